The molecule has 1 aliphatic heterocycles. The molecule has 3 heteroatoms. The maximum Gasteiger partial charge on any atom is 0.133 e. The quantitative estimate of drug-likeness (QED) is 0.797. The average Bonchev–Trinajstić information content (AvgIpc) is 2.86. The molecule has 1 saturated heterocycles. The highest BCUT2D eigenvalue weighted by Crippen LogP contribution is 2.35. The van der Waals surface area contributed by atoms with E-state index in [1.165, 1.54) is 24.9 Å². The van der Waals surface area contributed by atoms with Gasteiger partial charge < -0.3 is 4.90 Å². The van der Waals surface area contributed by atoms with E-state index in [1.807, 2.05) is 6.20 Å². The van der Waals surface area contributed by atoms with Crippen LogP contribution >= 0.6 is 0 Å². The third-order valence-corrected chi connectivity index (χ3v) is 3.78. The molecule has 1 aromatic rings. The Balaban J connectivity index is 2.31. The number of anilines is 1. The highest BCUT2D eigenvalue weighted by Gasteiger charge is 2.27. The third-order valence-electron chi connectivity index (χ3n) is 3.78. The van der Waals surface area contributed by atoms with Crippen LogP contribution in [0.4, 0.5) is 5.82 Å². The van der Waals surface area contributed by atoms with Gasteiger partial charge in [-0.25, -0.2) is 4.98 Å². The molecule has 94 valence electrons. The van der Waals surface area contributed by atoms with E-state index in [4.69, 9.17) is 0 Å². The molecule has 1 atom stereocenters. The Kier molecular flexibility index (Phi) is 4.00. The molecule has 0 unspecified atom stereocenters. The standard InChI is InChI=1S/C14H23N3/c1-4-16(3)14-12(8-6-10-15-14)13-9-7-11-17(13)5-2/h6,8,10,13H,4-5,7,9,11H2,1-3H3/t13-/m0/s1. The van der Waals surface area contributed by atoms with Crippen LogP contribution in [0.1, 0.15) is 38.3 Å². The minimum atomic E-state index is 0.567. The van der Waals surface area contributed by atoms with Crippen molar-refractivity contribution in [2.24, 2.45) is 0 Å². The van der Waals surface area contributed by atoms with Crippen LogP contribution in [0.25, 0.3) is 0 Å². The van der Waals surface area contributed by atoms with Crippen molar-refractivity contribution < 1.29 is 0 Å². The van der Waals surface area contributed by atoms with Crippen molar-refractivity contribution >= 4 is 5.82 Å². The van der Waals surface area contributed by atoms with Gasteiger partial charge in [-0.05, 0) is 38.9 Å². The van der Waals surface area contributed by atoms with Crippen molar-refractivity contribution in [3.8, 4) is 0 Å². The van der Waals surface area contributed by atoms with Crippen LogP contribution in [0.5, 0.6) is 0 Å². The topological polar surface area (TPSA) is 19.4 Å². The fourth-order valence-electron chi connectivity index (χ4n) is 2.70. The van der Waals surface area contributed by atoms with Gasteiger partial charge in [-0.2, -0.15) is 0 Å². The molecule has 0 spiro atoms. The Bertz CT molecular complexity index is 364. The summed E-state index contributed by atoms with van der Waals surface area (Å²) in [6.45, 7) is 7.78. The molecule has 0 aliphatic carbocycles. The van der Waals surface area contributed by atoms with E-state index in [2.05, 4.69) is 47.8 Å². The third kappa shape index (κ3) is 2.44. The molecule has 0 bridgehead atoms. The normalized spacial score (nSPS) is 20.8. The van der Waals surface area contributed by atoms with Crippen LogP contribution in [0.15, 0.2) is 18.3 Å². The van der Waals surface area contributed by atoms with Gasteiger partial charge in [-0.1, -0.05) is 13.0 Å². The average molecular weight is 233 g/mol. The molecule has 1 aliphatic rings. The number of pyridine rings is 1. The van der Waals surface area contributed by atoms with Gasteiger partial charge in [0.15, 0.2) is 0 Å². The second-order valence-electron chi connectivity index (χ2n) is 4.72. The monoisotopic (exact) mass is 233 g/mol. The molecule has 0 N–H and O–H groups in total. The molecule has 0 aromatic carbocycles. The summed E-state index contributed by atoms with van der Waals surface area (Å²) in [7, 11) is 2.12. The van der Waals surface area contributed by atoms with E-state index in [-0.39, 0.29) is 0 Å². The van der Waals surface area contributed by atoms with Crippen LogP contribution in [-0.4, -0.2) is 36.6 Å². The van der Waals surface area contributed by atoms with Crippen molar-refractivity contribution in [2.45, 2.75) is 32.7 Å². The second kappa shape index (κ2) is 5.50. The Hall–Kier alpha value is -1.09. The lowest BCUT2D eigenvalue weighted by Crippen LogP contribution is -2.26. The molecule has 0 saturated carbocycles. The van der Waals surface area contributed by atoms with Crippen LogP contribution in [-0.2, 0) is 0 Å². The largest absolute Gasteiger partial charge is 0.360 e. The predicted molar refractivity (Wildman–Crippen MR) is 72.4 cm³/mol. The van der Waals surface area contributed by atoms with Gasteiger partial charge in [-0.3, -0.25) is 4.90 Å². The summed E-state index contributed by atoms with van der Waals surface area (Å²) in [4.78, 5) is 9.36. The molecule has 3 nitrogen and oxygen atoms in total. The fourth-order valence-corrected chi connectivity index (χ4v) is 2.70. The van der Waals surface area contributed by atoms with Gasteiger partial charge in [0.1, 0.15) is 5.82 Å². The van der Waals surface area contributed by atoms with Crippen LogP contribution in [0.2, 0.25) is 0 Å². The van der Waals surface area contributed by atoms with Crippen molar-refractivity contribution in [1.82, 2.24) is 9.88 Å². The zero-order chi connectivity index (χ0) is 12.3. The van der Waals surface area contributed by atoms with Gasteiger partial charge in [0.25, 0.3) is 0 Å². The van der Waals surface area contributed by atoms with E-state index in [1.54, 1.807) is 0 Å². The highest BCUT2D eigenvalue weighted by atomic mass is 15.2. The lowest BCUT2D eigenvalue weighted by molar-refractivity contribution is 0.271. The zero-order valence-corrected chi connectivity index (χ0v) is 11.2. The van der Waals surface area contributed by atoms with Crippen LogP contribution in [0, 0.1) is 0 Å². The minimum Gasteiger partial charge on any atom is -0.360 e. The minimum absolute atomic E-state index is 0.567. The first-order valence-electron chi connectivity index (χ1n) is 6.68. The summed E-state index contributed by atoms with van der Waals surface area (Å²) < 4.78 is 0. The molecular weight excluding hydrogens is 210 g/mol. The molecule has 2 rings (SSSR count). The summed E-state index contributed by atoms with van der Waals surface area (Å²) in [6, 6.07) is 4.87. The first-order chi connectivity index (χ1) is 8.27. The maximum absolute atomic E-state index is 4.56. The number of aromatic nitrogens is 1. The van der Waals surface area contributed by atoms with E-state index in [0.717, 1.165) is 18.9 Å². The van der Waals surface area contributed by atoms with Gasteiger partial charge in [0.2, 0.25) is 0 Å². The summed E-state index contributed by atoms with van der Waals surface area (Å²) in [5.74, 6) is 1.15. The van der Waals surface area contributed by atoms with E-state index >= 15 is 0 Å². The van der Waals surface area contributed by atoms with Crippen molar-refractivity contribution in [3.05, 3.63) is 23.9 Å². The number of rotatable bonds is 4. The fraction of sp³-hybridized carbons (Fsp3) is 0.643. The summed E-state index contributed by atoms with van der Waals surface area (Å²) in [5, 5.41) is 0. The van der Waals surface area contributed by atoms with Gasteiger partial charge in [0.05, 0.1) is 0 Å². The number of likely N-dealkylation sites (tertiary alicyclic amines) is 1. The first-order valence-corrected chi connectivity index (χ1v) is 6.68. The lowest BCUT2D eigenvalue weighted by Gasteiger charge is -2.27. The molecule has 1 aromatic heterocycles. The Morgan fingerprint density at radius 1 is 1.47 bits per heavy atom. The van der Waals surface area contributed by atoms with Crippen molar-refractivity contribution in [2.75, 3.05) is 31.6 Å². The molecule has 0 amide bonds. The Morgan fingerprint density at radius 2 is 2.29 bits per heavy atom. The second-order valence-corrected chi connectivity index (χ2v) is 4.72. The number of hydrogen-bond acceptors (Lipinski definition) is 3. The van der Waals surface area contributed by atoms with Crippen LogP contribution in [0.3, 0.4) is 0 Å². The number of hydrogen-bond donors (Lipinski definition) is 0. The lowest BCUT2D eigenvalue weighted by atomic mass is 10.0. The van der Waals surface area contributed by atoms with Gasteiger partial charge >= 0.3 is 0 Å². The zero-order valence-electron chi connectivity index (χ0n) is 11.2. The van der Waals surface area contributed by atoms with E-state index in [9.17, 15) is 0 Å². The number of nitrogens with zero attached hydrogens (tertiary/aromatic N) is 3. The van der Waals surface area contributed by atoms with E-state index < -0.39 is 0 Å². The highest BCUT2D eigenvalue weighted by molar-refractivity contribution is 5.48. The molecule has 2 heterocycles. The summed E-state index contributed by atoms with van der Waals surface area (Å²) in [6.07, 6.45) is 4.48. The van der Waals surface area contributed by atoms with Crippen molar-refractivity contribution in [1.29, 1.82) is 0 Å². The summed E-state index contributed by atoms with van der Waals surface area (Å²) >= 11 is 0. The summed E-state index contributed by atoms with van der Waals surface area (Å²) in [5.41, 5.74) is 1.40. The molecular formula is C14H23N3. The van der Waals surface area contributed by atoms with Crippen molar-refractivity contribution in [3.63, 3.8) is 0 Å². The van der Waals surface area contributed by atoms with Gasteiger partial charge in [0, 0.05) is 31.4 Å². The molecule has 0 radical (unpaired) electrons. The first kappa shape index (κ1) is 12.4. The molecule has 1 fully saturated rings. The van der Waals surface area contributed by atoms with Gasteiger partial charge in [-0.15, -0.1) is 0 Å². The Morgan fingerprint density at radius 3 is 3.00 bits per heavy atom. The van der Waals surface area contributed by atoms with E-state index in [0.29, 0.717) is 6.04 Å². The maximum atomic E-state index is 4.56. The predicted octanol–water partition coefficient (Wildman–Crippen LogP) is 2.69. The smallest absolute Gasteiger partial charge is 0.133 e. The van der Waals surface area contributed by atoms with Crippen LogP contribution < -0.4 is 4.90 Å². The Labute approximate surface area is 104 Å². The SMILES string of the molecule is CCN(C)c1ncccc1[C@@H]1CCCN1CC. The molecule has 17 heavy (non-hydrogen) atoms.